The number of nitrogens with zero attached hydrogens (tertiary/aromatic N) is 1. The predicted octanol–water partition coefficient (Wildman–Crippen LogP) is 2.52. The van der Waals surface area contributed by atoms with Crippen LogP contribution in [0.15, 0.2) is 18.2 Å². The number of nitrogens with two attached hydrogens (primary N) is 1. The van der Waals surface area contributed by atoms with Gasteiger partial charge in [0.1, 0.15) is 0 Å². The molecule has 1 aromatic carbocycles. The van der Waals surface area contributed by atoms with E-state index < -0.39 is 0 Å². The zero-order valence-electron chi connectivity index (χ0n) is 8.91. The van der Waals surface area contributed by atoms with Crippen molar-refractivity contribution in [1.29, 1.82) is 5.26 Å². The van der Waals surface area contributed by atoms with E-state index in [2.05, 4.69) is 19.9 Å². The third kappa shape index (κ3) is 1.94. The Labute approximate surface area is 85.4 Å². The molecule has 0 heterocycles. The molecule has 0 saturated carbocycles. The normalized spacial score (nSPS) is 12.6. The maximum absolute atomic E-state index is 8.87. The summed E-state index contributed by atoms with van der Waals surface area (Å²) >= 11 is 0. The van der Waals surface area contributed by atoms with Crippen LogP contribution in [0.1, 0.15) is 36.6 Å². The Kier molecular flexibility index (Phi) is 3.27. The monoisotopic (exact) mass is 188 g/mol. The summed E-state index contributed by atoms with van der Waals surface area (Å²) in [5, 5.41) is 8.87. The summed E-state index contributed by atoms with van der Waals surface area (Å²) in [5.74, 6) is 0.391. The number of hydrogen-bond acceptors (Lipinski definition) is 2. The minimum atomic E-state index is 0.0169. The molecule has 0 aliphatic carbocycles. The zero-order chi connectivity index (χ0) is 10.7. The van der Waals surface area contributed by atoms with Gasteiger partial charge in [-0.25, -0.2) is 0 Å². The topological polar surface area (TPSA) is 49.8 Å². The van der Waals surface area contributed by atoms with Crippen LogP contribution >= 0.6 is 0 Å². The lowest BCUT2D eigenvalue weighted by Crippen LogP contribution is -2.18. The van der Waals surface area contributed by atoms with Gasteiger partial charge in [-0.3, -0.25) is 0 Å². The number of rotatable bonds is 2. The largest absolute Gasteiger partial charge is 0.324 e. The summed E-state index contributed by atoms with van der Waals surface area (Å²) < 4.78 is 0. The van der Waals surface area contributed by atoms with Gasteiger partial charge in [-0.15, -0.1) is 0 Å². The van der Waals surface area contributed by atoms with Crippen LogP contribution in [0.5, 0.6) is 0 Å². The Morgan fingerprint density at radius 1 is 1.36 bits per heavy atom. The van der Waals surface area contributed by atoms with Crippen LogP contribution < -0.4 is 5.73 Å². The zero-order valence-corrected chi connectivity index (χ0v) is 8.91. The smallest absolute Gasteiger partial charge is 0.0994 e. The molecule has 1 aromatic rings. The van der Waals surface area contributed by atoms with Gasteiger partial charge in [0.25, 0.3) is 0 Å². The van der Waals surface area contributed by atoms with Gasteiger partial charge in [0.05, 0.1) is 11.6 Å². The first-order chi connectivity index (χ1) is 6.57. The fourth-order valence-electron chi connectivity index (χ4n) is 1.49. The molecular formula is C12H16N2. The second-order valence-corrected chi connectivity index (χ2v) is 3.90. The van der Waals surface area contributed by atoms with Crippen LogP contribution in [0.2, 0.25) is 0 Å². The highest BCUT2D eigenvalue weighted by molar-refractivity contribution is 5.43. The van der Waals surface area contributed by atoms with Crippen molar-refractivity contribution in [3.8, 4) is 6.07 Å². The van der Waals surface area contributed by atoms with Gasteiger partial charge in [-0.05, 0) is 30.0 Å². The Balaban J connectivity index is 3.17. The highest BCUT2D eigenvalue weighted by Gasteiger charge is 2.14. The molecule has 0 amide bonds. The Morgan fingerprint density at radius 2 is 2.00 bits per heavy atom. The number of nitriles is 1. The van der Waals surface area contributed by atoms with Crippen molar-refractivity contribution in [2.45, 2.75) is 26.8 Å². The molecule has 0 radical (unpaired) electrons. The van der Waals surface area contributed by atoms with Crippen LogP contribution in [-0.4, -0.2) is 0 Å². The first-order valence-corrected chi connectivity index (χ1v) is 4.83. The molecule has 0 saturated heterocycles. The van der Waals surface area contributed by atoms with Gasteiger partial charge in [0.15, 0.2) is 0 Å². The van der Waals surface area contributed by atoms with E-state index in [1.165, 1.54) is 0 Å². The van der Waals surface area contributed by atoms with Crippen molar-refractivity contribution in [2.75, 3.05) is 0 Å². The van der Waals surface area contributed by atoms with E-state index in [9.17, 15) is 0 Å². The van der Waals surface area contributed by atoms with Crippen molar-refractivity contribution in [1.82, 2.24) is 0 Å². The van der Waals surface area contributed by atoms with Gasteiger partial charge >= 0.3 is 0 Å². The van der Waals surface area contributed by atoms with E-state index in [0.29, 0.717) is 5.92 Å². The molecule has 2 nitrogen and oxygen atoms in total. The molecule has 0 aromatic heterocycles. The van der Waals surface area contributed by atoms with Gasteiger partial charge < -0.3 is 5.73 Å². The third-order valence-corrected chi connectivity index (χ3v) is 2.57. The summed E-state index contributed by atoms with van der Waals surface area (Å²) in [6.45, 7) is 6.13. The first-order valence-electron chi connectivity index (χ1n) is 4.83. The van der Waals surface area contributed by atoms with Gasteiger partial charge in [0.2, 0.25) is 0 Å². The molecule has 2 heteroatoms. The lowest BCUT2D eigenvalue weighted by Gasteiger charge is -2.18. The van der Waals surface area contributed by atoms with Crippen molar-refractivity contribution in [3.05, 3.63) is 34.9 Å². The predicted molar refractivity (Wildman–Crippen MR) is 57.7 cm³/mol. The minimum Gasteiger partial charge on any atom is -0.324 e. The number of hydrogen-bond donors (Lipinski definition) is 1. The fraction of sp³-hybridized carbons (Fsp3) is 0.417. The standard InChI is InChI=1S/C12H16N2/c1-8(2)12(14)11-6-4-5-10(7-13)9(11)3/h4-6,8,12H,14H2,1-3H3. The van der Waals surface area contributed by atoms with Crippen molar-refractivity contribution >= 4 is 0 Å². The van der Waals surface area contributed by atoms with Crippen molar-refractivity contribution in [3.63, 3.8) is 0 Å². The van der Waals surface area contributed by atoms with E-state index in [1.54, 1.807) is 0 Å². The van der Waals surface area contributed by atoms with Crippen LogP contribution in [0.4, 0.5) is 0 Å². The molecule has 1 rings (SSSR count). The second-order valence-electron chi connectivity index (χ2n) is 3.90. The SMILES string of the molecule is Cc1c(C#N)cccc1C(N)C(C)C. The van der Waals surface area contributed by atoms with Crippen molar-refractivity contribution in [2.24, 2.45) is 11.7 Å². The summed E-state index contributed by atoms with van der Waals surface area (Å²) in [5.41, 5.74) is 8.87. The summed E-state index contributed by atoms with van der Waals surface area (Å²) in [6.07, 6.45) is 0. The van der Waals surface area contributed by atoms with E-state index in [1.807, 2.05) is 25.1 Å². The van der Waals surface area contributed by atoms with E-state index in [0.717, 1.165) is 16.7 Å². The van der Waals surface area contributed by atoms with Crippen LogP contribution in [-0.2, 0) is 0 Å². The molecule has 0 fully saturated rings. The maximum atomic E-state index is 8.87. The summed E-state index contributed by atoms with van der Waals surface area (Å²) in [4.78, 5) is 0. The molecule has 0 aliphatic rings. The molecule has 2 N–H and O–H groups in total. The highest BCUT2D eigenvalue weighted by Crippen LogP contribution is 2.23. The fourth-order valence-corrected chi connectivity index (χ4v) is 1.49. The molecule has 0 spiro atoms. The van der Waals surface area contributed by atoms with E-state index in [-0.39, 0.29) is 6.04 Å². The molecule has 14 heavy (non-hydrogen) atoms. The average Bonchev–Trinajstić information content (AvgIpc) is 2.17. The third-order valence-electron chi connectivity index (χ3n) is 2.57. The Bertz CT molecular complexity index is 361. The Morgan fingerprint density at radius 3 is 2.50 bits per heavy atom. The molecule has 0 aliphatic heterocycles. The highest BCUT2D eigenvalue weighted by atomic mass is 14.6. The van der Waals surface area contributed by atoms with Gasteiger partial charge in [-0.2, -0.15) is 5.26 Å². The lowest BCUT2D eigenvalue weighted by molar-refractivity contribution is 0.512. The molecule has 1 atom stereocenters. The first kappa shape index (κ1) is 10.7. The Hall–Kier alpha value is -1.33. The summed E-state index contributed by atoms with van der Waals surface area (Å²) in [6, 6.07) is 7.91. The van der Waals surface area contributed by atoms with Crippen LogP contribution in [0.3, 0.4) is 0 Å². The molecular weight excluding hydrogens is 172 g/mol. The second kappa shape index (κ2) is 4.26. The van der Waals surface area contributed by atoms with E-state index in [4.69, 9.17) is 11.0 Å². The maximum Gasteiger partial charge on any atom is 0.0994 e. The van der Waals surface area contributed by atoms with Crippen LogP contribution in [0, 0.1) is 24.2 Å². The van der Waals surface area contributed by atoms with Crippen molar-refractivity contribution < 1.29 is 0 Å². The van der Waals surface area contributed by atoms with Gasteiger partial charge in [0, 0.05) is 6.04 Å². The van der Waals surface area contributed by atoms with Gasteiger partial charge in [-0.1, -0.05) is 26.0 Å². The lowest BCUT2D eigenvalue weighted by atomic mass is 9.91. The molecule has 0 bridgehead atoms. The summed E-state index contributed by atoms with van der Waals surface area (Å²) in [7, 11) is 0. The molecule has 1 unspecified atom stereocenters. The minimum absolute atomic E-state index is 0.0169. The average molecular weight is 188 g/mol. The van der Waals surface area contributed by atoms with E-state index >= 15 is 0 Å². The quantitative estimate of drug-likeness (QED) is 0.775. The molecule has 74 valence electrons. The van der Waals surface area contributed by atoms with Crippen LogP contribution in [0.25, 0.3) is 0 Å². The number of benzene rings is 1.